The third-order valence-corrected chi connectivity index (χ3v) is 6.27. The van der Waals surface area contributed by atoms with E-state index in [1.54, 1.807) is 11.2 Å². The van der Waals surface area contributed by atoms with Gasteiger partial charge in [-0.15, -0.1) is 0 Å². The highest BCUT2D eigenvalue weighted by Gasteiger charge is 2.26. The van der Waals surface area contributed by atoms with Gasteiger partial charge in [0, 0.05) is 49.2 Å². The highest BCUT2D eigenvalue weighted by molar-refractivity contribution is 5.92. The Bertz CT molecular complexity index is 1330. The molecule has 1 aliphatic rings. The van der Waals surface area contributed by atoms with E-state index in [-0.39, 0.29) is 6.09 Å². The number of aryl methyl sites for hydroxylation is 1. The Morgan fingerprint density at radius 3 is 2.23 bits per heavy atom. The number of carbonyl (C=O) groups excluding carboxylic acids is 1. The van der Waals surface area contributed by atoms with E-state index in [0.717, 1.165) is 52.1 Å². The van der Waals surface area contributed by atoms with Crippen LogP contribution in [0, 0.1) is 6.92 Å². The summed E-state index contributed by atoms with van der Waals surface area (Å²) < 4.78 is 11.4. The second-order valence-electron chi connectivity index (χ2n) is 10.1. The molecule has 1 amide bonds. The molecule has 2 aromatic heterocycles. The van der Waals surface area contributed by atoms with E-state index < -0.39 is 5.60 Å². The maximum atomic E-state index is 12.3. The number of hydrogen-bond donors (Lipinski definition) is 0. The number of nitrogens with zero attached hydrogens (tertiary/aromatic N) is 3. The number of furan rings is 1. The summed E-state index contributed by atoms with van der Waals surface area (Å²) in [5.41, 5.74) is 7.76. The Balaban J connectivity index is 1.27. The number of carbonyl (C=O) groups is 1. The number of piperazine rings is 1. The Labute approximate surface area is 206 Å². The normalized spacial score (nSPS) is 14.4. The maximum Gasteiger partial charge on any atom is 0.410 e. The SMILES string of the molecule is Cc1ccc(-c2coc3cc(-c4ccc(N5CCN(C(=O)OC(C)(C)C)CC5)cc4)cnc23)cc1. The van der Waals surface area contributed by atoms with Crippen molar-refractivity contribution in [2.24, 2.45) is 0 Å². The average Bonchev–Trinajstić information content (AvgIpc) is 3.27. The molecule has 0 atom stereocenters. The minimum atomic E-state index is -0.472. The number of aromatic nitrogens is 1. The monoisotopic (exact) mass is 469 g/mol. The first-order valence-corrected chi connectivity index (χ1v) is 12.0. The first-order valence-electron chi connectivity index (χ1n) is 12.0. The van der Waals surface area contributed by atoms with E-state index >= 15 is 0 Å². The molecule has 3 heterocycles. The molecule has 180 valence electrons. The predicted molar refractivity (Wildman–Crippen MR) is 140 cm³/mol. The van der Waals surface area contributed by atoms with Crippen molar-refractivity contribution in [1.82, 2.24) is 9.88 Å². The van der Waals surface area contributed by atoms with Gasteiger partial charge >= 0.3 is 6.09 Å². The Morgan fingerprint density at radius 1 is 0.914 bits per heavy atom. The van der Waals surface area contributed by atoms with Crippen molar-refractivity contribution in [3.8, 4) is 22.3 Å². The molecule has 1 fully saturated rings. The fourth-order valence-corrected chi connectivity index (χ4v) is 4.35. The lowest BCUT2D eigenvalue weighted by molar-refractivity contribution is 0.0240. The second-order valence-corrected chi connectivity index (χ2v) is 10.1. The van der Waals surface area contributed by atoms with Gasteiger partial charge in [-0.05, 0) is 57.0 Å². The van der Waals surface area contributed by atoms with Gasteiger partial charge in [0.2, 0.25) is 0 Å². The van der Waals surface area contributed by atoms with Crippen molar-refractivity contribution in [3.05, 3.63) is 72.6 Å². The smallest absolute Gasteiger partial charge is 0.410 e. The fraction of sp³-hybridized carbons (Fsp3) is 0.310. The Kier molecular flexibility index (Phi) is 5.97. The number of fused-ring (bicyclic) bond motifs is 1. The van der Waals surface area contributed by atoms with Crippen LogP contribution in [0.2, 0.25) is 0 Å². The van der Waals surface area contributed by atoms with Crippen molar-refractivity contribution in [2.45, 2.75) is 33.3 Å². The van der Waals surface area contributed by atoms with Crippen LogP contribution in [0.5, 0.6) is 0 Å². The van der Waals surface area contributed by atoms with Crippen LogP contribution in [0.1, 0.15) is 26.3 Å². The largest absolute Gasteiger partial charge is 0.462 e. The van der Waals surface area contributed by atoms with E-state index in [1.165, 1.54) is 5.56 Å². The number of benzene rings is 2. The summed E-state index contributed by atoms with van der Waals surface area (Å²) in [4.78, 5) is 21.1. The Morgan fingerprint density at radius 2 is 1.57 bits per heavy atom. The van der Waals surface area contributed by atoms with Gasteiger partial charge in [-0.25, -0.2) is 4.79 Å². The molecular weight excluding hydrogens is 438 g/mol. The van der Waals surface area contributed by atoms with E-state index in [1.807, 2.05) is 27.0 Å². The van der Waals surface area contributed by atoms with Gasteiger partial charge in [-0.2, -0.15) is 0 Å². The van der Waals surface area contributed by atoms with E-state index in [4.69, 9.17) is 14.1 Å². The van der Waals surface area contributed by atoms with Crippen LogP contribution in [0.15, 0.2) is 71.5 Å². The lowest BCUT2D eigenvalue weighted by atomic mass is 10.0. The molecular formula is C29H31N3O3. The standard InChI is InChI=1S/C29H31N3O3/c1-20-5-7-22(8-6-20)25-19-34-26-17-23(18-30-27(25)26)21-9-11-24(12-10-21)31-13-15-32(16-14-31)28(33)35-29(2,3)4/h5-12,17-19H,13-16H2,1-4H3. The number of amides is 1. The zero-order chi connectivity index (χ0) is 24.6. The average molecular weight is 470 g/mol. The molecule has 6 nitrogen and oxygen atoms in total. The maximum absolute atomic E-state index is 12.3. The first-order chi connectivity index (χ1) is 16.8. The van der Waals surface area contributed by atoms with E-state index in [2.05, 4.69) is 66.4 Å². The lowest BCUT2D eigenvalue weighted by Gasteiger charge is -2.36. The summed E-state index contributed by atoms with van der Waals surface area (Å²) in [5.74, 6) is 0. The van der Waals surface area contributed by atoms with Gasteiger partial charge in [0.25, 0.3) is 0 Å². The van der Waals surface area contributed by atoms with Gasteiger partial charge in [0.15, 0.2) is 5.58 Å². The third kappa shape index (κ3) is 5.02. The summed E-state index contributed by atoms with van der Waals surface area (Å²) in [5, 5.41) is 0. The van der Waals surface area contributed by atoms with Crippen LogP contribution in [0.3, 0.4) is 0 Å². The third-order valence-electron chi connectivity index (χ3n) is 6.27. The second kappa shape index (κ2) is 9.10. The van der Waals surface area contributed by atoms with Crippen molar-refractivity contribution >= 4 is 22.9 Å². The summed E-state index contributed by atoms with van der Waals surface area (Å²) >= 11 is 0. The first kappa shape index (κ1) is 23.0. The van der Waals surface area contributed by atoms with Crippen LogP contribution in [0.25, 0.3) is 33.4 Å². The molecule has 0 aliphatic carbocycles. The molecule has 0 radical (unpaired) electrons. The molecule has 0 bridgehead atoms. The molecule has 1 aliphatic heterocycles. The fourth-order valence-electron chi connectivity index (χ4n) is 4.35. The zero-order valence-corrected chi connectivity index (χ0v) is 20.7. The minimum absolute atomic E-state index is 0.237. The zero-order valence-electron chi connectivity index (χ0n) is 20.7. The molecule has 0 unspecified atom stereocenters. The van der Waals surface area contributed by atoms with Gasteiger partial charge in [-0.3, -0.25) is 4.98 Å². The quantitative estimate of drug-likeness (QED) is 0.342. The Hall–Kier alpha value is -3.80. The highest BCUT2D eigenvalue weighted by Crippen LogP contribution is 2.32. The van der Waals surface area contributed by atoms with Gasteiger partial charge < -0.3 is 19.0 Å². The molecule has 4 aromatic rings. The molecule has 5 rings (SSSR count). The van der Waals surface area contributed by atoms with Gasteiger partial charge in [-0.1, -0.05) is 42.0 Å². The van der Waals surface area contributed by atoms with E-state index in [0.29, 0.717) is 13.1 Å². The van der Waals surface area contributed by atoms with Crippen LogP contribution >= 0.6 is 0 Å². The molecule has 2 aromatic carbocycles. The van der Waals surface area contributed by atoms with E-state index in [9.17, 15) is 4.79 Å². The molecule has 0 N–H and O–H groups in total. The predicted octanol–water partition coefficient (Wildman–Crippen LogP) is 6.53. The number of hydrogen-bond acceptors (Lipinski definition) is 5. The van der Waals surface area contributed by atoms with Crippen molar-refractivity contribution < 1.29 is 13.9 Å². The lowest BCUT2D eigenvalue weighted by Crippen LogP contribution is -2.50. The number of ether oxygens (including phenoxy) is 1. The van der Waals surface area contributed by atoms with Crippen LogP contribution in [0.4, 0.5) is 10.5 Å². The molecule has 0 saturated carbocycles. The number of anilines is 1. The van der Waals surface area contributed by atoms with Crippen molar-refractivity contribution in [1.29, 1.82) is 0 Å². The molecule has 0 spiro atoms. The molecule has 35 heavy (non-hydrogen) atoms. The topological polar surface area (TPSA) is 58.8 Å². The summed E-state index contributed by atoms with van der Waals surface area (Å²) in [6, 6.07) is 18.9. The summed E-state index contributed by atoms with van der Waals surface area (Å²) in [7, 11) is 0. The molecule has 1 saturated heterocycles. The highest BCUT2D eigenvalue weighted by atomic mass is 16.6. The number of pyridine rings is 1. The summed E-state index contributed by atoms with van der Waals surface area (Å²) in [6.45, 7) is 10.6. The van der Waals surface area contributed by atoms with Gasteiger partial charge in [0.1, 0.15) is 17.4 Å². The van der Waals surface area contributed by atoms with Crippen LogP contribution < -0.4 is 4.90 Å². The van der Waals surface area contributed by atoms with Crippen LogP contribution in [-0.4, -0.2) is 47.8 Å². The van der Waals surface area contributed by atoms with Gasteiger partial charge in [0.05, 0.1) is 0 Å². The minimum Gasteiger partial charge on any atom is -0.462 e. The van der Waals surface area contributed by atoms with Crippen molar-refractivity contribution in [3.63, 3.8) is 0 Å². The summed E-state index contributed by atoms with van der Waals surface area (Å²) in [6.07, 6.45) is 3.45. The number of rotatable bonds is 3. The van der Waals surface area contributed by atoms with Crippen LogP contribution in [-0.2, 0) is 4.74 Å². The molecule has 6 heteroatoms. The van der Waals surface area contributed by atoms with Crippen molar-refractivity contribution in [2.75, 3.05) is 31.1 Å².